The van der Waals surface area contributed by atoms with Gasteiger partial charge < -0.3 is 14.4 Å². The Morgan fingerprint density at radius 1 is 1.20 bits per heavy atom. The van der Waals surface area contributed by atoms with E-state index in [9.17, 15) is 4.79 Å². The normalized spacial score (nSPS) is 21.6. The molecule has 0 spiro atoms. The molecule has 4 heteroatoms. The van der Waals surface area contributed by atoms with Crippen LogP contribution in [0.25, 0.3) is 0 Å². The summed E-state index contributed by atoms with van der Waals surface area (Å²) in [5, 5.41) is 0. The summed E-state index contributed by atoms with van der Waals surface area (Å²) in [5.74, 6) is 0.100. The molecule has 1 atom stereocenters. The van der Waals surface area contributed by atoms with E-state index in [1.54, 1.807) is 4.90 Å². The Morgan fingerprint density at radius 3 is 2.40 bits per heavy atom. The van der Waals surface area contributed by atoms with Crippen LogP contribution in [0.2, 0.25) is 0 Å². The van der Waals surface area contributed by atoms with Gasteiger partial charge in [0.1, 0.15) is 0 Å². The zero-order chi connectivity index (χ0) is 14.8. The van der Waals surface area contributed by atoms with Gasteiger partial charge in [0.15, 0.2) is 6.29 Å². The molecule has 1 aliphatic rings. The highest BCUT2D eigenvalue weighted by molar-refractivity contribution is 6.07. The number of hydrogen-bond donors (Lipinski definition) is 0. The molecule has 1 aliphatic heterocycles. The minimum absolute atomic E-state index is 0.100. The second-order valence-electron chi connectivity index (χ2n) is 5.26. The van der Waals surface area contributed by atoms with Gasteiger partial charge in [0, 0.05) is 32.4 Å². The zero-order valence-electron chi connectivity index (χ0n) is 12.7. The van der Waals surface area contributed by atoms with Crippen molar-refractivity contribution in [1.82, 2.24) is 0 Å². The number of amides is 1. The first-order valence-corrected chi connectivity index (χ1v) is 7.15. The first kappa shape index (κ1) is 15.0. The van der Waals surface area contributed by atoms with Gasteiger partial charge in [-0.2, -0.15) is 0 Å². The van der Waals surface area contributed by atoms with E-state index < -0.39 is 5.41 Å². The summed E-state index contributed by atoms with van der Waals surface area (Å²) < 4.78 is 11.2. The van der Waals surface area contributed by atoms with Crippen LogP contribution in [0.15, 0.2) is 24.3 Å². The average Bonchev–Trinajstić information content (AvgIpc) is 2.63. The molecule has 0 bridgehead atoms. The van der Waals surface area contributed by atoms with Gasteiger partial charge in [0.05, 0.1) is 5.41 Å². The average molecular weight is 277 g/mol. The molecular formula is C16H23NO3. The fraction of sp³-hybridized carbons (Fsp3) is 0.562. The molecule has 1 unspecified atom stereocenters. The number of carbonyl (C=O) groups is 1. The Labute approximate surface area is 120 Å². The second kappa shape index (κ2) is 5.94. The van der Waals surface area contributed by atoms with Crippen LogP contribution in [0, 0.1) is 0 Å². The van der Waals surface area contributed by atoms with Crippen molar-refractivity contribution in [2.75, 3.05) is 25.2 Å². The van der Waals surface area contributed by atoms with E-state index in [1.807, 2.05) is 52.1 Å². The van der Waals surface area contributed by atoms with Gasteiger partial charge in [-0.1, -0.05) is 18.2 Å². The Balaban J connectivity index is 2.31. The predicted octanol–water partition coefficient (Wildman–Crippen LogP) is 2.71. The molecular weight excluding hydrogens is 254 g/mol. The van der Waals surface area contributed by atoms with Gasteiger partial charge >= 0.3 is 0 Å². The molecule has 20 heavy (non-hydrogen) atoms. The standard InChI is InChI=1S/C16H23NO3/c1-5-19-14(20-6-2)11-16(3)12-9-7-8-10-13(12)17(4)15(16)18/h7-10,14H,5-6,11H2,1-4H3. The van der Waals surface area contributed by atoms with Crippen molar-refractivity contribution in [3.63, 3.8) is 0 Å². The third-order valence-corrected chi connectivity index (χ3v) is 3.92. The lowest BCUT2D eigenvalue weighted by Crippen LogP contribution is -2.40. The summed E-state index contributed by atoms with van der Waals surface area (Å²) in [7, 11) is 1.82. The van der Waals surface area contributed by atoms with E-state index in [2.05, 4.69) is 0 Å². The van der Waals surface area contributed by atoms with Crippen molar-refractivity contribution in [2.45, 2.75) is 38.9 Å². The highest BCUT2D eigenvalue weighted by atomic mass is 16.7. The Hall–Kier alpha value is -1.39. The maximum Gasteiger partial charge on any atom is 0.237 e. The molecule has 0 aromatic heterocycles. The molecule has 0 saturated heterocycles. The second-order valence-corrected chi connectivity index (χ2v) is 5.26. The molecule has 110 valence electrons. The number of likely N-dealkylation sites (N-methyl/N-ethyl adjacent to an activating group) is 1. The lowest BCUT2D eigenvalue weighted by Gasteiger charge is -2.28. The van der Waals surface area contributed by atoms with Gasteiger partial charge in [0.25, 0.3) is 0 Å². The number of hydrogen-bond acceptors (Lipinski definition) is 3. The van der Waals surface area contributed by atoms with Gasteiger partial charge in [-0.05, 0) is 32.4 Å². The number of para-hydroxylation sites is 1. The van der Waals surface area contributed by atoms with Gasteiger partial charge in [-0.25, -0.2) is 0 Å². The number of anilines is 1. The fourth-order valence-corrected chi connectivity index (χ4v) is 2.90. The van der Waals surface area contributed by atoms with Crippen LogP contribution in [0.3, 0.4) is 0 Å². The van der Waals surface area contributed by atoms with Crippen LogP contribution >= 0.6 is 0 Å². The molecule has 0 aliphatic carbocycles. The van der Waals surface area contributed by atoms with Crippen molar-refractivity contribution >= 4 is 11.6 Å². The van der Waals surface area contributed by atoms with Crippen LogP contribution < -0.4 is 4.90 Å². The molecule has 1 aromatic carbocycles. The highest BCUT2D eigenvalue weighted by Crippen LogP contribution is 2.43. The van der Waals surface area contributed by atoms with Gasteiger partial charge in [-0.15, -0.1) is 0 Å². The van der Waals surface area contributed by atoms with Crippen LogP contribution in [0.5, 0.6) is 0 Å². The van der Waals surface area contributed by atoms with E-state index in [-0.39, 0.29) is 12.2 Å². The van der Waals surface area contributed by atoms with Crippen molar-refractivity contribution < 1.29 is 14.3 Å². The number of carbonyl (C=O) groups excluding carboxylic acids is 1. The summed E-state index contributed by atoms with van der Waals surface area (Å²) >= 11 is 0. The lowest BCUT2D eigenvalue weighted by atomic mass is 9.80. The number of nitrogens with zero attached hydrogens (tertiary/aromatic N) is 1. The zero-order valence-corrected chi connectivity index (χ0v) is 12.7. The molecule has 0 radical (unpaired) electrons. The maximum absolute atomic E-state index is 12.6. The number of rotatable bonds is 6. The summed E-state index contributed by atoms with van der Waals surface area (Å²) in [5.41, 5.74) is 1.45. The van der Waals surface area contributed by atoms with Crippen molar-refractivity contribution in [3.05, 3.63) is 29.8 Å². The topological polar surface area (TPSA) is 38.8 Å². The number of ether oxygens (including phenoxy) is 2. The highest BCUT2D eigenvalue weighted by Gasteiger charge is 2.47. The van der Waals surface area contributed by atoms with E-state index in [0.29, 0.717) is 19.6 Å². The smallest absolute Gasteiger partial charge is 0.237 e. The van der Waals surface area contributed by atoms with Gasteiger partial charge in [0.2, 0.25) is 5.91 Å². The SMILES string of the molecule is CCOC(CC1(C)C(=O)N(C)c2ccccc21)OCC. The number of benzene rings is 1. The van der Waals surface area contributed by atoms with Crippen molar-refractivity contribution in [1.29, 1.82) is 0 Å². The van der Waals surface area contributed by atoms with E-state index >= 15 is 0 Å². The summed E-state index contributed by atoms with van der Waals surface area (Å²) in [6.45, 7) is 7.00. The van der Waals surface area contributed by atoms with Crippen molar-refractivity contribution in [3.8, 4) is 0 Å². The fourth-order valence-electron chi connectivity index (χ4n) is 2.90. The van der Waals surface area contributed by atoms with E-state index in [0.717, 1.165) is 11.3 Å². The Kier molecular flexibility index (Phi) is 4.45. The Bertz CT molecular complexity index is 482. The van der Waals surface area contributed by atoms with Crippen LogP contribution in [-0.2, 0) is 19.7 Å². The summed E-state index contributed by atoms with van der Waals surface area (Å²) in [4.78, 5) is 14.4. The minimum atomic E-state index is -0.583. The van der Waals surface area contributed by atoms with Crippen LogP contribution in [0.4, 0.5) is 5.69 Å². The number of fused-ring (bicyclic) bond motifs is 1. The minimum Gasteiger partial charge on any atom is -0.353 e. The molecule has 1 aromatic rings. The summed E-state index contributed by atoms with van der Waals surface area (Å²) in [6.07, 6.45) is 0.188. The van der Waals surface area contributed by atoms with E-state index in [1.165, 1.54) is 0 Å². The molecule has 1 amide bonds. The molecule has 0 fully saturated rings. The maximum atomic E-state index is 12.6. The Morgan fingerprint density at radius 2 is 1.80 bits per heavy atom. The van der Waals surface area contributed by atoms with Crippen LogP contribution in [-0.4, -0.2) is 32.5 Å². The third-order valence-electron chi connectivity index (χ3n) is 3.92. The summed E-state index contributed by atoms with van der Waals surface area (Å²) in [6, 6.07) is 7.93. The predicted molar refractivity (Wildman–Crippen MR) is 78.9 cm³/mol. The molecule has 4 nitrogen and oxygen atoms in total. The molecule has 0 saturated carbocycles. The quantitative estimate of drug-likeness (QED) is 0.750. The first-order valence-electron chi connectivity index (χ1n) is 7.15. The van der Waals surface area contributed by atoms with Crippen molar-refractivity contribution in [2.24, 2.45) is 0 Å². The van der Waals surface area contributed by atoms with Gasteiger partial charge in [-0.3, -0.25) is 4.79 Å². The van der Waals surface area contributed by atoms with Crippen LogP contribution in [0.1, 0.15) is 32.8 Å². The van der Waals surface area contributed by atoms with E-state index in [4.69, 9.17) is 9.47 Å². The molecule has 2 rings (SSSR count). The molecule has 0 N–H and O–H groups in total. The molecule has 1 heterocycles. The lowest BCUT2D eigenvalue weighted by molar-refractivity contribution is -0.153. The monoisotopic (exact) mass is 277 g/mol. The largest absolute Gasteiger partial charge is 0.353 e. The third kappa shape index (κ3) is 2.45. The first-order chi connectivity index (χ1) is 9.54.